The molecule has 0 aromatic heterocycles. The van der Waals surface area contributed by atoms with Gasteiger partial charge in [0.05, 0.1) is 6.54 Å². The molecule has 0 aliphatic heterocycles. The van der Waals surface area contributed by atoms with Gasteiger partial charge < -0.3 is 0 Å². The van der Waals surface area contributed by atoms with Gasteiger partial charge in [-0.15, -0.1) is 0 Å². The molecule has 2 rings (SSSR count). The first kappa shape index (κ1) is 16.9. The number of carbonyl (C=O) groups excluding carboxylic acids is 1. The second-order valence-corrected chi connectivity index (χ2v) is 6.43. The summed E-state index contributed by atoms with van der Waals surface area (Å²) in [4.78, 5) is 10.7. The van der Waals surface area contributed by atoms with E-state index in [1.165, 1.54) is 25.1 Å². The van der Waals surface area contributed by atoms with Crippen molar-refractivity contribution in [2.45, 2.75) is 11.8 Å². The van der Waals surface area contributed by atoms with Crippen molar-refractivity contribution in [3.8, 4) is 11.8 Å². The van der Waals surface area contributed by atoms with Crippen molar-refractivity contribution in [2.75, 3.05) is 6.54 Å². The molecule has 0 saturated heterocycles. The number of sulfonamides is 1. The lowest BCUT2D eigenvalue weighted by molar-refractivity contribution is 0.101. The van der Waals surface area contributed by atoms with E-state index in [0.717, 1.165) is 6.07 Å². The summed E-state index contributed by atoms with van der Waals surface area (Å²) in [5.41, 5.74) is 1.23. The second-order valence-electron chi connectivity index (χ2n) is 4.69. The maximum Gasteiger partial charge on any atom is 0.244 e. The summed E-state index contributed by atoms with van der Waals surface area (Å²) < 4.78 is 39.6. The Morgan fingerprint density at radius 3 is 2.39 bits per heavy atom. The van der Waals surface area contributed by atoms with E-state index in [2.05, 4.69) is 16.6 Å². The van der Waals surface area contributed by atoms with Gasteiger partial charge in [0.1, 0.15) is 10.7 Å². The summed E-state index contributed by atoms with van der Waals surface area (Å²) in [6.45, 7) is 1.32. The topological polar surface area (TPSA) is 63.2 Å². The van der Waals surface area contributed by atoms with E-state index < -0.39 is 20.7 Å². The molecule has 0 bridgehead atoms. The molecule has 0 unspecified atom stereocenters. The predicted octanol–water partition coefficient (Wildman–Crippen LogP) is 2.36. The Bertz CT molecular complexity index is 878. The van der Waals surface area contributed by atoms with Gasteiger partial charge in [0.25, 0.3) is 0 Å². The van der Waals surface area contributed by atoms with E-state index in [0.29, 0.717) is 11.1 Å². The number of ketones is 1. The standard InChI is InChI=1S/C17H14FNO3S/c1-13(20)15-10-8-14(9-11-15)5-4-12-19-23(21,22)17-7-3-2-6-16(17)18/h2-3,6-11,19H,12H2,1H3. The Labute approximate surface area is 134 Å². The minimum absolute atomic E-state index is 0.0397. The summed E-state index contributed by atoms with van der Waals surface area (Å²) in [7, 11) is -3.94. The molecule has 0 saturated carbocycles. The van der Waals surface area contributed by atoms with Crippen molar-refractivity contribution >= 4 is 15.8 Å². The van der Waals surface area contributed by atoms with Crippen LogP contribution in [0.4, 0.5) is 4.39 Å². The van der Waals surface area contributed by atoms with Crippen molar-refractivity contribution in [1.82, 2.24) is 4.72 Å². The third-order valence-corrected chi connectivity index (χ3v) is 4.44. The van der Waals surface area contributed by atoms with Crippen molar-refractivity contribution < 1.29 is 17.6 Å². The smallest absolute Gasteiger partial charge is 0.244 e. The highest BCUT2D eigenvalue weighted by atomic mass is 32.2. The molecular formula is C17H14FNO3S. The van der Waals surface area contributed by atoms with E-state index in [4.69, 9.17) is 0 Å². The van der Waals surface area contributed by atoms with Crippen molar-refractivity contribution in [1.29, 1.82) is 0 Å². The molecule has 0 radical (unpaired) electrons. The molecule has 1 N–H and O–H groups in total. The van der Waals surface area contributed by atoms with Crippen LogP contribution in [-0.2, 0) is 10.0 Å². The molecule has 0 fully saturated rings. The summed E-state index contributed by atoms with van der Waals surface area (Å²) in [6.07, 6.45) is 0. The zero-order valence-electron chi connectivity index (χ0n) is 12.3. The fourth-order valence-corrected chi connectivity index (χ4v) is 2.81. The van der Waals surface area contributed by atoms with Gasteiger partial charge in [-0.3, -0.25) is 4.79 Å². The van der Waals surface area contributed by atoms with Crippen LogP contribution in [0.5, 0.6) is 0 Å². The fourth-order valence-electron chi connectivity index (χ4n) is 1.81. The molecule has 2 aromatic carbocycles. The maximum absolute atomic E-state index is 13.5. The lowest BCUT2D eigenvalue weighted by Gasteiger charge is -2.04. The summed E-state index contributed by atoms with van der Waals surface area (Å²) in [5.74, 6) is 4.56. The number of rotatable bonds is 4. The highest BCUT2D eigenvalue weighted by Gasteiger charge is 2.16. The van der Waals surface area contributed by atoms with Crippen LogP contribution in [0, 0.1) is 17.7 Å². The molecule has 2 aromatic rings. The number of carbonyl (C=O) groups is 1. The Kier molecular flexibility index (Phi) is 5.27. The minimum Gasteiger partial charge on any atom is -0.295 e. The van der Waals surface area contributed by atoms with Crippen LogP contribution in [-0.4, -0.2) is 20.7 Å². The molecule has 0 aliphatic rings. The molecular weight excluding hydrogens is 317 g/mol. The number of halogens is 1. The summed E-state index contributed by atoms with van der Waals surface area (Å²) in [5, 5.41) is 0. The third-order valence-electron chi connectivity index (χ3n) is 3.00. The van der Waals surface area contributed by atoms with Crippen LogP contribution < -0.4 is 4.72 Å². The lowest BCUT2D eigenvalue weighted by Crippen LogP contribution is -2.24. The minimum atomic E-state index is -3.94. The SMILES string of the molecule is CC(=O)c1ccc(C#CCNS(=O)(=O)c2ccccc2F)cc1. The summed E-state index contributed by atoms with van der Waals surface area (Å²) in [6, 6.07) is 11.8. The average molecular weight is 331 g/mol. The first-order chi connectivity index (χ1) is 10.9. The van der Waals surface area contributed by atoms with Gasteiger partial charge in [0, 0.05) is 11.1 Å². The molecule has 0 spiro atoms. The molecule has 0 heterocycles. The molecule has 4 nitrogen and oxygen atoms in total. The van der Waals surface area contributed by atoms with E-state index in [1.54, 1.807) is 24.3 Å². The van der Waals surface area contributed by atoms with Crippen LogP contribution in [0.1, 0.15) is 22.8 Å². The normalized spacial score (nSPS) is 10.7. The fraction of sp³-hybridized carbons (Fsp3) is 0.118. The predicted molar refractivity (Wildman–Crippen MR) is 84.9 cm³/mol. The third kappa shape index (κ3) is 4.49. The van der Waals surface area contributed by atoms with Crippen molar-refractivity contribution in [3.05, 3.63) is 65.5 Å². The van der Waals surface area contributed by atoms with Crippen molar-refractivity contribution in [2.24, 2.45) is 0 Å². The van der Waals surface area contributed by atoms with Crippen LogP contribution in [0.15, 0.2) is 53.4 Å². The highest BCUT2D eigenvalue weighted by Crippen LogP contribution is 2.12. The molecule has 0 atom stereocenters. The first-order valence-electron chi connectivity index (χ1n) is 6.74. The highest BCUT2D eigenvalue weighted by molar-refractivity contribution is 7.89. The van der Waals surface area contributed by atoms with E-state index in [-0.39, 0.29) is 12.3 Å². The Morgan fingerprint density at radius 1 is 1.13 bits per heavy atom. The monoisotopic (exact) mass is 331 g/mol. The maximum atomic E-state index is 13.5. The number of hydrogen-bond donors (Lipinski definition) is 1. The zero-order valence-corrected chi connectivity index (χ0v) is 13.2. The molecule has 6 heteroatoms. The Hall–Kier alpha value is -2.49. The van der Waals surface area contributed by atoms with E-state index >= 15 is 0 Å². The van der Waals surface area contributed by atoms with Crippen LogP contribution in [0.3, 0.4) is 0 Å². The van der Waals surface area contributed by atoms with E-state index in [1.807, 2.05) is 0 Å². The summed E-state index contributed by atoms with van der Waals surface area (Å²) >= 11 is 0. The zero-order chi connectivity index (χ0) is 16.9. The van der Waals surface area contributed by atoms with Gasteiger partial charge in [0.2, 0.25) is 10.0 Å². The van der Waals surface area contributed by atoms with Crippen LogP contribution in [0.2, 0.25) is 0 Å². The Balaban J connectivity index is 2.03. The van der Waals surface area contributed by atoms with Gasteiger partial charge in [-0.1, -0.05) is 36.1 Å². The molecule has 0 amide bonds. The van der Waals surface area contributed by atoms with Gasteiger partial charge in [-0.2, -0.15) is 4.72 Å². The van der Waals surface area contributed by atoms with Gasteiger partial charge in [-0.25, -0.2) is 12.8 Å². The number of hydrogen-bond acceptors (Lipinski definition) is 3. The average Bonchev–Trinajstić information content (AvgIpc) is 2.52. The van der Waals surface area contributed by atoms with Gasteiger partial charge in [-0.05, 0) is 31.2 Å². The lowest BCUT2D eigenvalue weighted by atomic mass is 10.1. The van der Waals surface area contributed by atoms with Gasteiger partial charge in [0.15, 0.2) is 5.78 Å². The van der Waals surface area contributed by atoms with Crippen LogP contribution >= 0.6 is 0 Å². The molecule has 118 valence electrons. The quantitative estimate of drug-likeness (QED) is 0.691. The van der Waals surface area contributed by atoms with E-state index in [9.17, 15) is 17.6 Å². The largest absolute Gasteiger partial charge is 0.295 e. The molecule has 0 aliphatic carbocycles. The Morgan fingerprint density at radius 2 is 1.78 bits per heavy atom. The number of Topliss-reactive ketones (excluding diaryl/α,β-unsaturated/α-hetero) is 1. The molecule has 23 heavy (non-hydrogen) atoms. The van der Waals surface area contributed by atoms with Crippen LogP contribution in [0.25, 0.3) is 0 Å². The number of nitrogens with one attached hydrogen (secondary N) is 1. The second kappa shape index (κ2) is 7.18. The van der Waals surface area contributed by atoms with Gasteiger partial charge >= 0.3 is 0 Å². The number of benzene rings is 2. The first-order valence-corrected chi connectivity index (χ1v) is 8.22. The van der Waals surface area contributed by atoms with Crippen molar-refractivity contribution in [3.63, 3.8) is 0 Å².